The molecular formula is C20H25N3O2. The highest BCUT2D eigenvalue weighted by molar-refractivity contribution is 5.89. The highest BCUT2D eigenvalue weighted by Gasteiger charge is 2.34. The number of nitrogens with zero attached hydrogens (tertiary/aromatic N) is 2. The lowest BCUT2D eigenvalue weighted by atomic mass is 10.0. The highest BCUT2D eigenvalue weighted by Crippen LogP contribution is 2.24. The Hall–Kier alpha value is -2.37. The third-order valence-corrected chi connectivity index (χ3v) is 4.74. The molecule has 1 heterocycles. The van der Waals surface area contributed by atoms with Gasteiger partial charge in [-0.15, -0.1) is 0 Å². The van der Waals surface area contributed by atoms with Gasteiger partial charge >= 0.3 is 5.97 Å². The zero-order chi connectivity index (χ0) is 17.9. The molecule has 0 saturated carbocycles. The van der Waals surface area contributed by atoms with E-state index in [1.165, 1.54) is 12.7 Å². The van der Waals surface area contributed by atoms with E-state index in [1.807, 2.05) is 18.2 Å². The predicted octanol–water partition coefficient (Wildman–Crippen LogP) is 2.47. The Bertz CT molecular complexity index is 713. The molecule has 2 N–H and O–H groups in total. The zero-order valence-corrected chi connectivity index (χ0v) is 14.8. The van der Waals surface area contributed by atoms with Crippen LogP contribution in [0.3, 0.4) is 0 Å². The van der Waals surface area contributed by atoms with Crippen molar-refractivity contribution in [2.24, 2.45) is 5.73 Å². The molecule has 1 aliphatic heterocycles. The summed E-state index contributed by atoms with van der Waals surface area (Å²) in [7, 11) is 1.39. The van der Waals surface area contributed by atoms with Crippen LogP contribution in [0.25, 0.3) is 0 Å². The second kappa shape index (κ2) is 7.25. The van der Waals surface area contributed by atoms with E-state index in [0.717, 1.165) is 31.9 Å². The summed E-state index contributed by atoms with van der Waals surface area (Å²) in [6.45, 7) is 5.45. The number of rotatable bonds is 4. The Morgan fingerprint density at radius 1 is 1.12 bits per heavy atom. The van der Waals surface area contributed by atoms with Crippen molar-refractivity contribution in [3.8, 4) is 0 Å². The fraction of sp³-hybridized carbons (Fsp3) is 0.350. The quantitative estimate of drug-likeness (QED) is 0.867. The first kappa shape index (κ1) is 17.5. The SMILES string of the molecule is COC(=O)c1ccc(N2CCN(Cc3ccccc3)[C@@](C)(N)C2)cc1. The van der Waals surface area contributed by atoms with Gasteiger partial charge in [-0.3, -0.25) is 4.90 Å². The minimum Gasteiger partial charge on any atom is -0.465 e. The first-order valence-corrected chi connectivity index (χ1v) is 8.51. The summed E-state index contributed by atoms with van der Waals surface area (Å²) in [4.78, 5) is 16.1. The fourth-order valence-electron chi connectivity index (χ4n) is 3.27. The van der Waals surface area contributed by atoms with E-state index in [-0.39, 0.29) is 5.97 Å². The van der Waals surface area contributed by atoms with Crippen LogP contribution in [0.2, 0.25) is 0 Å². The van der Waals surface area contributed by atoms with Gasteiger partial charge in [0.2, 0.25) is 0 Å². The average Bonchev–Trinajstić information content (AvgIpc) is 2.63. The van der Waals surface area contributed by atoms with Crippen LogP contribution in [0.15, 0.2) is 54.6 Å². The molecular weight excluding hydrogens is 314 g/mol. The molecule has 3 rings (SSSR count). The molecule has 25 heavy (non-hydrogen) atoms. The standard InChI is InChI=1S/C20H25N3O2/c1-20(21)15-22(18-10-8-17(9-11-18)19(24)25-2)12-13-23(20)14-16-6-4-3-5-7-16/h3-11H,12-15,21H2,1-2H3/t20-/m1/s1. The van der Waals surface area contributed by atoms with Crippen LogP contribution in [0.5, 0.6) is 0 Å². The minimum atomic E-state index is -0.422. The maximum Gasteiger partial charge on any atom is 0.337 e. The fourth-order valence-corrected chi connectivity index (χ4v) is 3.27. The van der Waals surface area contributed by atoms with E-state index in [2.05, 4.69) is 41.0 Å². The summed E-state index contributed by atoms with van der Waals surface area (Å²) in [5.74, 6) is -0.317. The number of carbonyl (C=O) groups is 1. The molecule has 0 spiro atoms. The molecule has 1 saturated heterocycles. The van der Waals surface area contributed by atoms with Gasteiger partial charge in [0.25, 0.3) is 0 Å². The maximum atomic E-state index is 11.6. The molecule has 2 aromatic rings. The molecule has 0 bridgehead atoms. The number of hydrogen-bond donors (Lipinski definition) is 1. The molecule has 1 atom stereocenters. The molecule has 5 nitrogen and oxygen atoms in total. The number of esters is 1. The molecule has 0 aromatic heterocycles. The predicted molar refractivity (Wildman–Crippen MR) is 99.4 cm³/mol. The van der Waals surface area contributed by atoms with Gasteiger partial charge in [0.05, 0.1) is 18.3 Å². The second-order valence-corrected chi connectivity index (χ2v) is 6.72. The molecule has 5 heteroatoms. The maximum absolute atomic E-state index is 11.6. The summed E-state index contributed by atoms with van der Waals surface area (Å²) in [6, 6.07) is 17.9. The molecule has 1 fully saturated rings. The van der Waals surface area contributed by atoms with Gasteiger partial charge < -0.3 is 15.4 Å². The highest BCUT2D eigenvalue weighted by atomic mass is 16.5. The lowest BCUT2D eigenvalue weighted by molar-refractivity contribution is 0.0600. The van der Waals surface area contributed by atoms with E-state index >= 15 is 0 Å². The second-order valence-electron chi connectivity index (χ2n) is 6.72. The largest absolute Gasteiger partial charge is 0.465 e. The summed E-state index contributed by atoms with van der Waals surface area (Å²) in [6.07, 6.45) is 0. The van der Waals surface area contributed by atoms with Crippen LogP contribution in [0.1, 0.15) is 22.8 Å². The van der Waals surface area contributed by atoms with Crippen LogP contribution >= 0.6 is 0 Å². The van der Waals surface area contributed by atoms with E-state index < -0.39 is 5.66 Å². The van der Waals surface area contributed by atoms with Gasteiger partial charge in [-0.1, -0.05) is 30.3 Å². The van der Waals surface area contributed by atoms with Crippen LogP contribution < -0.4 is 10.6 Å². The lowest BCUT2D eigenvalue weighted by Gasteiger charge is -2.47. The van der Waals surface area contributed by atoms with Gasteiger partial charge in [-0.25, -0.2) is 4.79 Å². The Balaban J connectivity index is 1.68. The molecule has 2 aromatic carbocycles. The Morgan fingerprint density at radius 3 is 2.40 bits per heavy atom. The molecule has 1 aliphatic rings. The van der Waals surface area contributed by atoms with Gasteiger partial charge in [0.1, 0.15) is 0 Å². The zero-order valence-electron chi connectivity index (χ0n) is 14.8. The molecule has 0 amide bonds. The first-order valence-electron chi connectivity index (χ1n) is 8.51. The monoisotopic (exact) mass is 339 g/mol. The summed E-state index contributed by atoms with van der Waals surface area (Å²) in [5.41, 5.74) is 9.09. The van der Waals surface area contributed by atoms with E-state index in [0.29, 0.717) is 5.56 Å². The van der Waals surface area contributed by atoms with E-state index in [9.17, 15) is 4.79 Å². The number of nitrogens with two attached hydrogens (primary N) is 1. The number of benzene rings is 2. The van der Waals surface area contributed by atoms with Crippen molar-refractivity contribution in [3.05, 3.63) is 65.7 Å². The number of methoxy groups -OCH3 is 1. The Morgan fingerprint density at radius 2 is 1.80 bits per heavy atom. The number of piperazine rings is 1. The molecule has 132 valence electrons. The Labute approximate surface area is 149 Å². The first-order chi connectivity index (χ1) is 12.0. The van der Waals surface area contributed by atoms with Crippen molar-refractivity contribution in [1.82, 2.24) is 4.90 Å². The lowest BCUT2D eigenvalue weighted by Crippen LogP contribution is -2.65. The van der Waals surface area contributed by atoms with Crippen molar-refractivity contribution >= 4 is 11.7 Å². The van der Waals surface area contributed by atoms with Gasteiger partial charge in [-0.05, 0) is 36.8 Å². The summed E-state index contributed by atoms with van der Waals surface area (Å²) in [5, 5.41) is 0. The average molecular weight is 339 g/mol. The third-order valence-electron chi connectivity index (χ3n) is 4.74. The summed E-state index contributed by atoms with van der Waals surface area (Å²) >= 11 is 0. The van der Waals surface area contributed by atoms with Crippen LogP contribution in [-0.4, -0.2) is 43.3 Å². The number of ether oxygens (including phenoxy) is 1. The van der Waals surface area contributed by atoms with Gasteiger partial charge in [-0.2, -0.15) is 0 Å². The van der Waals surface area contributed by atoms with Crippen LogP contribution in [0, 0.1) is 0 Å². The normalized spacial score (nSPS) is 21.2. The Kier molecular flexibility index (Phi) is 5.06. The van der Waals surface area contributed by atoms with E-state index in [4.69, 9.17) is 10.5 Å². The van der Waals surface area contributed by atoms with E-state index in [1.54, 1.807) is 12.1 Å². The van der Waals surface area contributed by atoms with Crippen molar-refractivity contribution in [2.75, 3.05) is 31.6 Å². The number of carbonyl (C=O) groups excluding carboxylic acids is 1. The number of hydrogen-bond acceptors (Lipinski definition) is 5. The minimum absolute atomic E-state index is 0.317. The molecule has 0 unspecified atom stereocenters. The van der Waals surface area contributed by atoms with Crippen molar-refractivity contribution < 1.29 is 9.53 Å². The van der Waals surface area contributed by atoms with Crippen molar-refractivity contribution in [2.45, 2.75) is 19.1 Å². The van der Waals surface area contributed by atoms with Crippen LogP contribution in [-0.2, 0) is 11.3 Å². The molecule has 0 radical (unpaired) electrons. The summed E-state index contributed by atoms with van der Waals surface area (Å²) < 4.78 is 4.75. The van der Waals surface area contributed by atoms with Gasteiger partial charge in [0.15, 0.2) is 0 Å². The van der Waals surface area contributed by atoms with Crippen LogP contribution in [0.4, 0.5) is 5.69 Å². The van der Waals surface area contributed by atoms with Crippen molar-refractivity contribution in [1.29, 1.82) is 0 Å². The van der Waals surface area contributed by atoms with Gasteiger partial charge in [0, 0.05) is 31.9 Å². The molecule has 0 aliphatic carbocycles. The number of anilines is 1. The van der Waals surface area contributed by atoms with Crippen molar-refractivity contribution in [3.63, 3.8) is 0 Å². The third kappa shape index (κ3) is 4.00. The smallest absolute Gasteiger partial charge is 0.337 e. The topological polar surface area (TPSA) is 58.8 Å².